The third-order valence-electron chi connectivity index (χ3n) is 4.05. The van der Waals surface area contributed by atoms with E-state index in [1.54, 1.807) is 0 Å². The molecule has 1 heterocycles. The first kappa shape index (κ1) is 14.6. The van der Waals surface area contributed by atoms with Gasteiger partial charge in [-0.2, -0.15) is 0 Å². The number of benzene rings is 2. The number of carbonyl (C=O) groups excluding carboxylic acids is 1. The smallest absolute Gasteiger partial charge is 0.169 e. The fourth-order valence-corrected chi connectivity index (χ4v) is 2.86. The van der Waals surface area contributed by atoms with Crippen molar-refractivity contribution in [1.29, 1.82) is 0 Å². The molecule has 0 aliphatic heterocycles. The average molecular weight is 291 g/mol. The quantitative estimate of drug-likeness (QED) is 0.594. The van der Waals surface area contributed by atoms with Gasteiger partial charge in [0.15, 0.2) is 5.78 Å². The summed E-state index contributed by atoms with van der Waals surface area (Å²) in [6.45, 7) is 3.16. The molecule has 0 bridgehead atoms. The standard InChI is InChI=1S/C20H21NO/c1-2-3-13-21-15-18(17-11-7-8-12-19(17)21)20(22)14-16-9-5-4-6-10-16/h4-12,15H,2-3,13-14H2,1H3. The zero-order chi connectivity index (χ0) is 15.4. The van der Waals surface area contributed by atoms with Gasteiger partial charge in [0.1, 0.15) is 0 Å². The van der Waals surface area contributed by atoms with Crippen molar-refractivity contribution in [2.24, 2.45) is 0 Å². The highest BCUT2D eigenvalue weighted by atomic mass is 16.1. The first-order valence-electron chi connectivity index (χ1n) is 7.94. The summed E-state index contributed by atoms with van der Waals surface area (Å²) < 4.78 is 2.22. The van der Waals surface area contributed by atoms with Crippen molar-refractivity contribution in [1.82, 2.24) is 4.57 Å². The molecule has 0 aliphatic carbocycles. The number of hydrogen-bond acceptors (Lipinski definition) is 1. The SMILES string of the molecule is CCCCn1cc(C(=O)Cc2ccccc2)c2ccccc21. The molecule has 1 aromatic heterocycles. The molecule has 0 radical (unpaired) electrons. The number of aromatic nitrogens is 1. The van der Waals surface area contributed by atoms with Crippen LogP contribution in [0.3, 0.4) is 0 Å². The Kier molecular flexibility index (Phi) is 4.38. The van der Waals surface area contributed by atoms with Crippen LogP contribution in [0, 0.1) is 0 Å². The highest BCUT2D eigenvalue weighted by Crippen LogP contribution is 2.23. The number of fused-ring (bicyclic) bond motifs is 1. The minimum Gasteiger partial charge on any atom is -0.347 e. The van der Waals surface area contributed by atoms with Crippen molar-refractivity contribution in [3.63, 3.8) is 0 Å². The molecular weight excluding hydrogens is 270 g/mol. The first-order valence-corrected chi connectivity index (χ1v) is 7.94. The molecule has 22 heavy (non-hydrogen) atoms. The van der Waals surface area contributed by atoms with Crippen LogP contribution in [0.5, 0.6) is 0 Å². The van der Waals surface area contributed by atoms with Crippen molar-refractivity contribution < 1.29 is 4.79 Å². The van der Waals surface area contributed by atoms with Crippen LogP contribution in [-0.4, -0.2) is 10.4 Å². The molecule has 0 spiro atoms. The van der Waals surface area contributed by atoms with E-state index in [1.165, 1.54) is 0 Å². The Morgan fingerprint density at radius 1 is 1.00 bits per heavy atom. The normalized spacial score (nSPS) is 11.0. The molecule has 112 valence electrons. The van der Waals surface area contributed by atoms with Gasteiger partial charge in [-0.25, -0.2) is 0 Å². The molecule has 0 saturated carbocycles. The minimum atomic E-state index is 0.192. The molecule has 0 fully saturated rings. The molecule has 0 aliphatic rings. The number of aryl methyl sites for hydroxylation is 1. The van der Waals surface area contributed by atoms with Gasteiger partial charge in [-0.3, -0.25) is 4.79 Å². The van der Waals surface area contributed by atoms with Gasteiger partial charge in [-0.15, -0.1) is 0 Å². The molecule has 2 nitrogen and oxygen atoms in total. The van der Waals surface area contributed by atoms with Gasteiger partial charge < -0.3 is 4.57 Å². The van der Waals surface area contributed by atoms with Crippen molar-refractivity contribution in [2.45, 2.75) is 32.7 Å². The van der Waals surface area contributed by atoms with E-state index >= 15 is 0 Å². The van der Waals surface area contributed by atoms with Gasteiger partial charge >= 0.3 is 0 Å². The maximum Gasteiger partial charge on any atom is 0.169 e. The monoisotopic (exact) mass is 291 g/mol. The lowest BCUT2D eigenvalue weighted by Gasteiger charge is -2.02. The first-order chi connectivity index (χ1) is 10.8. The van der Waals surface area contributed by atoms with Crippen molar-refractivity contribution in [3.05, 3.63) is 71.9 Å². The molecule has 3 aromatic rings. The van der Waals surface area contributed by atoms with E-state index < -0.39 is 0 Å². The molecule has 0 unspecified atom stereocenters. The number of carbonyl (C=O) groups is 1. The summed E-state index contributed by atoms with van der Waals surface area (Å²) in [6, 6.07) is 18.1. The van der Waals surface area contributed by atoms with Gasteiger partial charge in [-0.05, 0) is 18.1 Å². The predicted octanol–water partition coefficient (Wildman–Crippen LogP) is 4.87. The summed E-state index contributed by atoms with van der Waals surface area (Å²) in [5.41, 5.74) is 3.07. The van der Waals surface area contributed by atoms with Crippen molar-refractivity contribution >= 4 is 16.7 Å². The zero-order valence-corrected chi connectivity index (χ0v) is 13.0. The topological polar surface area (TPSA) is 22.0 Å². The van der Waals surface area contributed by atoms with Crippen LogP contribution in [0.1, 0.15) is 35.7 Å². The second-order valence-electron chi connectivity index (χ2n) is 5.69. The van der Waals surface area contributed by atoms with E-state index in [1.807, 2.05) is 48.7 Å². The minimum absolute atomic E-state index is 0.192. The predicted molar refractivity (Wildman–Crippen MR) is 91.3 cm³/mol. The van der Waals surface area contributed by atoms with E-state index in [2.05, 4.69) is 23.6 Å². The Morgan fingerprint density at radius 2 is 1.73 bits per heavy atom. The number of para-hydroxylation sites is 1. The van der Waals surface area contributed by atoms with Crippen LogP contribution < -0.4 is 0 Å². The van der Waals surface area contributed by atoms with E-state index in [0.29, 0.717) is 6.42 Å². The number of Topliss-reactive ketones (excluding diaryl/α,β-unsaturated/α-hetero) is 1. The van der Waals surface area contributed by atoms with E-state index in [0.717, 1.165) is 41.4 Å². The van der Waals surface area contributed by atoms with Gasteiger partial charge in [-0.1, -0.05) is 61.9 Å². The Balaban J connectivity index is 1.94. The summed E-state index contributed by atoms with van der Waals surface area (Å²) in [5, 5.41) is 1.07. The molecule has 0 saturated heterocycles. The van der Waals surface area contributed by atoms with E-state index in [4.69, 9.17) is 0 Å². The summed E-state index contributed by atoms with van der Waals surface area (Å²) in [7, 11) is 0. The maximum absolute atomic E-state index is 12.7. The Bertz CT molecular complexity index is 771. The molecular formula is C20H21NO. The second-order valence-corrected chi connectivity index (χ2v) is 5.69. The number of hydrogen-bond donors (Lipinski definition) is 0. The number of unbranched alkanes of at least 4 members (excludes halogenated alkanes) is 1. The van der Waals surface area contributed by atoms with Crippen LogP contribution in [0.15, 0.2) is 60.8 Å². The highest BCUT2D eigenvalue weighted by Gasteiger charge is 2.14. The molecule has 0 amide bonds. The van der Waals surface area contributed by atoms with Gasteiger partial charge in [0.25, 0.3) is 0 Å². The fraction of sp³-hybridized carbons (Fsp3) is 0.250. The largest absolute Gasteiger partial charge is 0.347 e. The van der Waals surface area contributed by atoms with E-state index in [9.17, 15) is 4.79 Å². The summed E-state index contributed by atoms with van der Waals surface area (Å²) in [6.07, 6.45) is 4.78. The number of nitrogens with zero attached hydrogens (tertiary/aromatic N) is 1. The number of ketones is 1. The fourth-order valence-electron chi connectivity index (χ4n) is 2.86. The lowest BCUT2D eigenvalue weighted by molar-refractivity contribution is 0.0994. The van der Waals surface area contributed by atoms with Crippen molar-refractivity contribution in [2.75, 3.05) is 0 Å². The highest BCUT2D eigenvalue weighted by molar-refractivity contribution is 6.08. The maximum atomic E-state index is 12.7. The Hall–Kier alpha value is -2.35. The van der Waals surface area contributed by atoms with Crippen LogP contribution in [0.25, 0.3) is 10.9 Å². The van der Waals surface area contributed by atoms with Crippen LogP contribution >= 0.6 is 0 Å². The molecule has 0 N–H and O–H groups in total. The molecule has 2 heteroatoms. The molecule has 3 rings (SSSR count). The summed E-state index contributed by atoms with van der Waals surface area (Å²) in [4.78, 5) is 12.7. The van der Waals surface area contributed by atoms with Gasteiger partial charge in [0.05, 0.1) is 0 Å². The third-order valence-corrected chi connectivity index (χ3v) is 4.05. The molecule has 2 aromatic carbocycles. The third kappa shape index (κ3) is 2.96. The van der Waals surface area contributed by atoms with Crippen molar-refractivity contribution in [3.8, 4) is 0 Å². The zero-order valence-electron chi connectivity index (χ0n) is 13.0. The van der Waals surface area contributed by atoms with Crippen LogP contribution in [0.2, 0.25) is 0 Å². The summed E-state index contributed by atoms with van der Waals surface area (Å²) >= 11 is 0. The molecule has 0 atom stereocenters. The Morgan fingerprint density at radius 3 is 2.50 bits per heavy atom. The van der Waals surface area contributed by atoms with Crippen LogP contribution in [-0.2, 0) is 13.0 Å². The lowest BCUT2D eigenvalue weighted by Crippen LogP contribution is -2.03. The van der Waals surface area contributed by atoms with Gasteiger partial charge in [0.2, 0.25) is 0 Å². The van der Waals surface area contributed by atoms with Crippen LogP contribution in [0.4, 0.5) is 0 Å². The van der Waals surface area contributed by atoms with E-state index in [-0.39, 0.29) is 5.78 Å². The second kappa shape index (κ2) is 6.61. The van der Waals surface area contributed by atoms with Gasteiger partial charge in [0, 0.05) is 35.6 Å². The average Bonchev–Trinajstić information content (AvgIpc) is 2.93. The summed E-state index contributed by atoms with van der Waals surface area (Å²) in [5.74, 6) is 0.192. The lowest BCUT2D eigenvalue weighted by atomic mass is 10.0. The Labute approximate surface area is 131 Å². The number of rotatable bonds is 6.